The fourth-order valence-corrected chi connectivity index (χ4v) is 1.92. The summed E-state index contributed by atoms with van der Waals surface area (Å²) in [5.41, 5.74) is -0.522. The van der Waals surface area contributed by atoms with Gasteiger partial charge in [-0.25, -0.2) is 13.6 Å². The van der Waals surface area contributed by atoms with Gasteiger partial charge in [-0.15, -0.1) is 0 Å². The molecule has 0 fully saturated rings. The summed E-state index contributed by atoms with van der Waals surface area (Å²) in [5, 5.41) is 4.93. The van der Waals surface area contributed by atoms with Crippen molar-refractivity contribution in [3.63, 3.8) is 0 Å². The maximum absolute atomic E-state index is 13.4. The van der Waals surface area contributed by atoms with Gasteiger partial charge in [-0.05, 0) is 61.9 Å². The van der Waals surface area contributed by atoms with Gasteiger partial charge in [0.1, 0.15) is 17.2 Å². The number of nitrogens with one attached hydrogen (secondary N) is 2. The molecule has 0 aliphatic heterocycles. The van der Waals surface area contributed by atoms with E-state index in [2.05, 4.69) is 10.6 Å². The number of benzene rings is 1. The van der Waals surface area contributed by atoms with Gasteiger partial charge in [0.25, 0.3) is 0 Å². The zero-order valence-corrected chi connectivity index (χ0v) is 15.3. The van der Waals surface area contributed by atoms with Crippen molar-refractivity contribution in [2.75, 3.05) is 11.9 Å². The van der Waals surface area contributed by atoms with E-state index in [0.717, 1.165) is 12.1 Å². The number of hydrogen-bond acceptors (Lipinski definition) is 3. The molecule has 0 saturated heterocycles. The highest BCUT2D eigenvalue weighted by atomic mass is 127. The van der Waals surface area contributed by atoms with Crippen LogP contribution in [0.1, 0.15) is 33.6 Å². The highest BCUT2D eigenvalue weighted by molar-refractivity contribution is 14.1. The average molecular weight is 440 g/mol. The van der Waals surface area contributed by atoms with Gasteiger partial charge >= 0.3 is 6.09 Å². The molecule has 8 heteroatoms. The van der Waals surface area contributed by atoms with Gasteiger partial charge < -0.3 is 15.4 Å². The third-order valence-electron chi connectivity index (χ3n) is 2.52. The first kappa shape index (κ1) is 19.6. The first-order chi connectivity index (χ1) is 10.6. The third kappa shape index (κ3) is 7.58. The molecule has 2 amide bonds. The van der Waals surface area contributed by atoms with Crippen LogP contribution in [0.3, 0.4) is 0 Å². The van der Waals surface area contributed by atoms with Crippen molar-refractivity contribution < 1.29 is 23.1 Å². The van der Waals surface area contributed by atoms with E-state index in [1.807, 2.05) is 0 Å². The Kier molecular flexibility index (Phi) is 7.17. The van der Waals surface area contributed by atoms with Crippen LogP contribution in [0.5, 0.6) is 0 Å². The molecule has 0 unspecified atom stereocenters. The van der Waals surface area contributed by atoms with Gasteiger partial charge in [-0.3, -0.25) is 4.79 Å². The zero-order valence-electron chi connectivity index (χ0n) is 13.1. The maximum Gasteiger partial charge on any atom is 0.407 e. The molecule has 0 bridgehead atoms. The SMILES string of the molecule is CC(C)(C)OC(=O)NCCCC(=O)Nc1cc(F)c(I)c(F)c1. The lowest BCUT2D eigenvalue weighted by Crippen LogP contribution is -2.33. The standard InChI is InChI=1S/C15H19F2IN2O3/c1-15(2,3)23-14(22)19-6-4-5-12(21)20-9-7-10(16)13(18)11(17)8-9/h7-8H,4-6H2,1-3H3,(H,19,22)(H,20,21). The van der Waals surface area contributed by atoms with Crippen LogP contribution in [0.25, 0.3) is 0 Å². The van der Waals surface area contributed by atoms with E-state index in [1.54, 1.807) is 43.4 Å². The van der Waals surface area contributed by atoms with Gasteiger partial charge in [-0.2, -0.15) is 0 Å². The van der Waals surface area contributed by atoms with E-state index in [1.165, 1.54) is 0 Å². The summed E-state index contributed by atoms with van der Waals surface area (Å²) in [4.78, 5) is 23.1. The van der Waals surface area contributed by atoms with Gasteiger partial charge in [0.15, 0.2) is 0 Å². The highest BCUT2D eigenvalue weighted by Crippen LogP contribution is 2.20. The van der Waals surface area contributed by atoms with E-state index < -0.39 is 29.2 Å². The van der Waals surface area contributed by atoms with Gasteiger partial charge in [0, 0.05) is 18.7 Å². The highest BCUT2D eigenvalue weighted by Gasteiger charge is 2.15. The fourth-order valence-electron chi connectivity index (χ4n) is 1.60. The molecule has 1 aromatic carbocycles. The molecule has 0 aromatic heterocycles. The maximum atomic E-state index is 13.4. The second-order valence-electron chi connectivity index (χ2n) is 5.83. The normalized spacial score (nSPS) is 11.0. The molecule has 0 saturated carbocycles. The monoisotopic (exact) mass is 440 g/mol. The first-order valence-corrected chi connectivity index (χ1v) is 8.07. The number of carbonyl (C=O) groups is 2. The molecule has 2 N–H and O–H groups in total. The number of carbonyl (C=O) groups excluding carboxylic acids is 2. The largest absolute Gasteiger partial charge is 0.444 e. The van der Waals surface area contributed by atoms with Gasteiger partial charge in [0.05, 0.1) is 3.57 Å². The molecule has 0 heterocycles. The lowest BCUT2D eigenvalue weighted by Gasteiger charge is -2.19. The Morgan fingerprint density at radius 3 is 2.30 bits per heavy atom. The van der Waals surface area contributed by atoms with Crippen molar-refractivity contribution in [2.45, 2.75) is 39.2 Å². The second kappa shape index (κ2) is 8.42. The van der Waals surface area contributed by atoms with E-state index in [-0.39, 0.29) is 22.2 Å². The summed E-state index contributed by atoms with van der Waals surface area (Å²) < 4.78 is 31.6. The van der Waals surface area contributed by atoms with Crippen LogP contribution >= 0.6 is 22.6 Å². The minimum absolute atomic E-state index is 0.0607. The second-order valence-corrected chi connectivity index (χ2v) is 6.91. The van der Waals surface area contributed by atoms with Crippen molar-refractivity contribution in [2.24, 2.45) is 0 Å². The summed E-state index contributed by atoms with van der Waals surface area (Å²) in [5.74, 6) is -1.85. The van der Waals surface area contributed by atoms with Crippen LogP contribution in [0, 0.1) is 15.2 Å². The molecule has 0 aliphatic rings. The number of anilines is 1. The van der Waals surface area contributed by atoms with Crippen molar-refractivity contribution in [1.29, 1.82) is 0 Å². The molecular weight excluding hydrogens is 421 g/mol. The fraction of sp³-hybridized carbons (Fsp3) is 0.467. The summed E-state index contributed by atoms with van der Waals surface area (Å²) in [7, 11) is 0. The smallest absolute Gasteiger partial charge is 0.407 e. The van der Waals surface area contributed by atoms with Gasteiger partial charge in [0.2, 0.25) is 5.91 Å². The molecule has 128 valence electrons. The van der Waals surface area contributed by atoms with Crippen LogP contribution in [0.2, 0.25) is 0 Å². The molecule has 1 rings (SSSR count). The Balaban J connectivity index is 2.34. The average Bonchev–Trinajstić information content (AvgIpc) is 2.39. The van der Waals surface area contributed by atoms with Crippen molar-refractivity contribution in [3.8, 4) is 0 Å². The number of amides is 2. The molecule has 1 aromatic rings. The van der Waals surface area contributed by atoms with Crippen molar-refractivity contribution in [1.82, 2.24) is 5.32 Å². The van der Waals surface area contributed by atoms with Crippen LogP contribution in [0.4, 0.5) is 19.3 Å². The molecule has 23 heavy (non-hydrogen) atoms. The predicted octanol–water partition coefficient (Wildman–Crippen LogP) is 3.81. The zero-order chi connectivity index (χ0) is 17.6. The van der Waals surface area contributed by atoms with Crippen LogP contribution in [0.15, 0.2) is 12.1 Å². The number of ether oxygens (including phenoxy) is 1. The Bertz CT molecular complexity index is 566. The minimum Gasteiger partial charge on any atom is -0.444 e. The molecular formula is C15H19F2IN2O3. The van der Waals surface area contributed by atoms with Crippen LogP contribution in [-0.2, 0) is 9.53 Å². The van der Waals surface area contributed by atoms with E-state index in [9.17, 15) is 18.4 Å². The van der Waals surface area contributed by atoms with E-state index in [4.69, 9.17) is 4.74 Å². The van der Waals surface area contributed by atoms with Gasteiger partial charge in [-0.1, -0.05) is 0 Å². The molecule has 0 radical (unpaired) electrons. The van der Waals surface area contributed by atoms with Crippen molar-refractivity contribution >= 4 is 40.3 Å². The molecule has 5 nitrogen and oxygen atoms in total. The number of halogens is 3. The summed E-state index contributed by atoms with van der Waals surface area (Å²) >= 11 is 1.55. The van der Waals surface area contributed by atoms with E-state index in [0.29, 0.717) is 6.42 Å². The quantitative estimate of drug-likeness (QED) is 0.416. The Morgan fingerprint density at radius 2 is 1.78 bits per heavy atom. The summed E-state index contributed by atoms with van der Waals surface area (Å²) in [6, 6.07) is 2.11. The molecule has 0 spiro atoms. The topological polar surface area (TPSA) is 67.4 Å². The minimum atomic E-state index is -0.729. The number of rotatable bonds is 5. The Hall–Kier alpha value is -1.45. The molecule has 0 aliphatic carbocycles. The van der Waals surface area contributed by atoms with Crippen molar-refractivity contribution in [3.05, 3.63) is 27.3 Å². The Labute approximate surface area is 147 Å². The predicted molar refractivity (Wildman–Crippen MR) is 91.2 cm³/mol. The lowest BCUT2D eigenvalue weighted by atomic mass is 10.2. The summed E-state index contributed by atoms with van der Waals surface area (Å²) in [6.45, 7) is 5.51. The molecule has 0 atom stereocenters. The summed E-state index contributed by atoms with van der Waals surface area (Å²) in [6.07, 6.45) is -0.0782. The van der Waals surface area contributed by atoms with Crippen LogP contribution < -0.4 is 10.6 Å². The number of hydrogen-bond donors (Lipinski definition) is 2. The lowest BCUT2D eigenvalue weighted by molar-refractivity contribution is -0.116. The Morgan fingerprint density at radius 1 is 1.22 bits per heavy atom. The van der Waals surface area contributed by atoms with E-state index >= 15 is 0 Å². The third-order valence-corrected chi connectivity index (χ3v) is 3.55. The first-order valence-electron chi connectivity index (χ1n) is 7.00. The number of alkyl carbamates (subject to hydrolysis) is 1. The van der Waals surface area contributed by atoms with Crippen LogP contribution in [-0.4, -0.2) is 24.1 Å².